The summed E-state index contributed by atoms with van der Waals surface area (Å²) in [4.78, 5) is 27.9. The van der Waals surface area contributed by atoms with Crippen LogP contribution in [0.25, 0.3) is 0 Å². The van der Waals surface area contributed by atoms with Crippen molar-refractivity contribution in [1.82, 2.24) is 10.3 Å². The highest BCUT2D eigenvalue weighted by molar-refractivity contribution is 6.34. The molecule has 1 aromatic heterocycles. The van der Waals surface area contributed by atoms with Crippen LogP contribution in [0.3, 0.4) is 0 Å². The Hall–Kier alpha value is -2.11. The zero-order valence-electron chi connectivity index (χ0n) is 13.7. The number of benzene rings is 1. The standard InChI is InChI=1S/C18H18Cl2N2O3/c1-2-6-14(12-7-4-3-5-8-12)21-16(23)11-25-18(24)17-13(19)9-10-15(20)22-17/h3-5,7-10,14H,2,6,11H2,1H3,(H,21,23)/t14-/m0/s1. The summed E-state index contributed by atoms with van der Waals surface area (Å²) in [7, 11) is 0. The van der Waals surface area contributed by atoms with Gasteiger partial charge in [-0.3, -0.25) is 4.79 Å². The lowest BCUT2D eigenvalue weighted by molar-refractivity contribution is -0.125. The van der Waals surface area contributed by atoms with Gasteiger partial charge in [-0.25, -0.2) is 9.78 Å². The van der Waals surface area contributed by atoms with Crippen LogP contribution in [0, 0.1) is 0 Å². The molecule has 1 atom stereocenters. The predicted molar refractivity (Wildman–Crippen MR) is 96.8 cm³/mol. The molecule has 0 bridgehead atoms. The van der Waals surface area contributed by atoms with Gasteiger partial charge in [-0.1, -0.05) is 66.9 Å². The second-order valence-corrected chi connectivity index (χ2v) is 6.15. The van der Waals surface area contributed by atoms with E-state index in [1.165, 1.54) is 12.1 Å². The van der Waals surface area contributed by atoms with Crippen LogP contribution in [0.1, 0.15) is 41.9 Å². The Labute approximate surface area is 156 Å². The van der Waals surface area contributed by atoms with Crippen molar-refractivity contribution in [3.63, 3.8) is 0 Å². The fourth-order valence-electron chi connectivity index (χ4n) is 2.29. The maximum Gasteiger partial charge on any atom is 0.359 e. The zero-order valence-corrected chi connectivity index (χ0v) is 15.2. The number of pyridine rings is 1. The Morgan fingerprint density at radius 2 is 1.88 bits per heavy atom. The number of rotatable bonds is 7. The third-order valence-corrected chi connectivity index (χ3v) is 3.97. The second-order valence-electron chi connectivity index (χ2n) is 5.36. The highest BCUT2D eigenvalue weighted by Gasteiger charge is 2.18. The van der Waals surface area contributed by atoms with E-state index in [1.54, 1.807) is 0 Å². The van der Waals surface area contributed by atoms with Gasteiger partial charge in [-0.2, -0.15) is 0 Å². The average molecular weight is 381 g/mol. The van der Waals surface area contributed by atoms with Crippen LogP contribution in [0.15, 0.2) is 42.5 Å². The lowest BCUT2D eigenvalue weighted by atomic mass is 10.0. The van der Waals surface area contributed by atoms with E-state index >= 15 is 0 Å². The van der Waals surface area contributed by atoms with Crippen molar-refractivity contribution in [3.05, 3.63) is 63.9 Å². The summed E-state index contributed by atoms with van der Waals surface area (Å²) in [5.74, 6) is -1.19. The van der Waals surface area contributed by atoms with Gasteiger partial charge in [-0.15, -0.1) is 0 Å². The van der Waals surface area contributed by atoms with E-state index in [2.05, 4.69) is 10.3 Å². The molecule has 132 valence electrons. The highest BCUT2D eigenvalue weighted by Crippen LogP contribution is 2.19. The summed E-state index contributed by atoms with van der Waals surface area (Å²) in [6.45, 7) is 1.62. The van der Waals surface area contributed by atoms with Gasteiger partial charge >= 0.3 is 5.97 Å². The van der Waals surface area contributed by atoms with Gasteiger partial charge in [0.2, 0.25) is 0 Å². The first-order chi connectivity index (χ1) is 12.0. The summed E-state index contributed by atoms with van der Waals surface area (Å²) >= 11 is 11.6. The van der Waals surface area contributed by atoms with Gasteiger partial charge in [0, 0.05) is 0 Å². The smallest absolute Gasteiger partial charge is 0.359 e. The number of nitrogens with one attached hydrogen (secondary N) is 1. The van der Waals surface area contributed by atoms with Crippen LogP contribution in [0.2, 0.25) is 10.2 Å². The molecular formula is C18H18Cl2N2O3. The largest absolute Gasteiger partial charge is 0.451 e. The third kappa shape index (κ3) is 5.73. The summed E-state index contributed by atoms with van der Waals surface area (Å²) in [6.07, 6.45) is 1.69. The molecule has 1 heterocycles. The maximum atomic E-state index is 12.1. The van der Waals surface area contributed by atoms with E-state index in [0.717, 1.165) is 18.4 Å². The predicted octanol–water partition coefficient (Wildman–Crippen LogP) is 4.20. The van der Waals surface area contributed by atoms with Crippen LogP contribution in [0.5, 0.6) is 0 Å². The topological polar surface area (TPSA) is 68.3 Å². The molecule has 2 aromatic rings. The number of hydrogen-bond donors (Lipinski definition) is 1. The molecule has 7 heteroatoms. The van der Waals surface area contributed by atoms with E-state index in [9.17, 15) is 9.59 Å². The van der Waals surface area contributed by atoms with E-state index < -0.39 is 18.5 Å². The SMILES string of the molecule is CCC[C@H](NC(=O)COC(=O)c1nc(Cl)ccc1Cl)c1ccccc1. The van der Waals surface area contributed by atoms with Gasteiger partial charge in [0.25, 0.3) is 5.91 Å². The van der Waals surface area contributed by atoms with Crippen molar-refractivity contribution in [3.8, 4) is 0 Å². The van der Waals surface area contributed by atoms with Gasteiger partial charge in [0.15, 0.2) is 12.3 Å². The molecular weight excluding hydrogens is 363 g/mol. The van der Waals surface area contributed by atoms with Crippen molar-refractivity contribution in [2.75, 3.05) is 6.61 Å². The van der Waals surface area contributed by atoms with E-state index in [1.807, 2.05) is 37.3 Å². The lowest BCUT2D eigenvalue weighted by Gasteiger charge is -2.18. The first kappa shape index (κ1) is 19.2. The fourth-order valence-corrected chi connectivity index (χ4v) is 2.62. The Bertz CT molecular complexity index is 738. The number of amides is 1. The van der Waals surface area contributed by atoms with Crippen LogP contribution >= 0.6 is 23.2 Å². The number of halogens is 2. The third-order valence-electron chi connectivity index (χ3n) is 3.45. The van der Waals surface area contributed by atoms with Gasteiger partial charge in [0.1, 0.15) is 5.15 Å². The number of carbonyl (C=O) groups is 2. The number of carbonyl (C=O) groups excluding carboxylic acids is 2. The normalized spacial score (nSPS) is 11.6. The van der Waals surface area contributed by atoms with Crippen molar-refractivity contribution >= 4 is 35.1 Å². The minimum absolute atomic E-state index is 0.114. The second kappa shape index (κ2) is 9.39. The summed E-state index contributed by atoms with van der Waals surface area (Å²) < 4.78 is 4.98. The van der Waals surface area contributed by atoms with E-state index in [-0.39, 0.29) is 21.9 Å². The monoisotopic (exact) mass is 380 g/mol. The molecule has 0 aliphatic carbocycles. The van der Waals surface area contributed by atoms with Crippen molar-refractivity contribution < 1.29 is 14.3 Å². The van der Waals surface area contributed by atoms with Crippen molar-refractivity contribution in [1.29, 1.82) is 0 Å². The molecule has 0 aliphatic rings. The molecule has 2 rings (SSSR count). The number of nitrogens with zero attached hydrogens (tertiary/aromatic N) is 1. The molecule has 0 saturated heterocycles. The van der Waals surface area contributed by atoms with Gasteiger partial charge in [0.05, 0.1) is 11.1 Å². The lowest BCUT2D eigenvalue weighted by Crippen LogP contribution is -2.32. The Kier molecular flexibility index (Phi) is 7.22. The average Bonchev–Trinajstić information content (AvgIpc) is 2.62. The number of ether oxygens (including phenoxy) is 1. The molecule has 0 fully saturated rings. The minimum Gasteiger partial charge on any atom is -0.451 e. The molecule has 1 amide bonds. The number of esters is 1. The highest BCUT2D eigenvalue weighted by atomic mass is 35.5. The first-order valence-corrected chi connectivity index (χ1v) is 8.60. The van der Waals surface area contributed by atoms with Crippen LogP contribution < -0.4 is 5.32 Å². The molecule has 5 nitrogen and oxygen atoms in total. The molecule has 0 radical (unpaired) electrons. The molecule has 1 N–H and O–H groups in total. The zero-order chi connectivity index (χ0) is 18.2. The minimum atomic E-state index is -0.797. The molecule has 25 heavy (non-hydrogen) atoms. The maximum absolute atomic E-state index is 12.1. The molecule has 0 unspecified atom stereocenters. The molecule has 0 spiro atoms. The van der Waals surface area contributed by atoms with Crippen LogP contribution in [0.4, 0.5) is 0 Å². The van der Waals surface area contributed by atoms with E-state index in [4.69, 9.17) is 27.9 Å². The Balaban J connectivity index is 1.94. The molecule has 0 saturated carbocycles. The van der Waals surface area contributed by atoms with Crippen molar-refractivity contribution in [2.24, 2.45) is 0 Å². The quantitative estimate of drug-likeness (QED) is 0.577. The Morgan fingerprint density at radius 3 is 2.56 bits per heavy atom. The van der Waals surface area contributed by atoms with Crippen molar-refractivity contribution in [2.45, 2.75) is 25.8 Å². The summed E-state index contributed by atoms with van der Waals surface area (Å²) in [5.41, 5.74) is 0.888. The summed E-state index contributed by atoms with van der Waals surface area (Å²) in [6, 6.07) is 12.4. The van der Waals surface area contributed by atoms with Gasteiger partial charge < -0.3 is 10.1 Å². The number of hydrogen-bond acceptors (Lipinski definition) is 4. The fraction of sp³-hybridized carbons (Fsp3) is 0.278. The molecule has 1 aromatic carbocycles. The van der Waals surface area contributed by atoms with Crippen LogP contribution in [-0.2, 0) is 9.53 Å². The number of aromatic nitrogens is 1. The Morgan fingerprint density at radius 1 is 1.16 bits per heavy atom. The summed E-state index contributed by atoms with van der Waals surface area (Å²) in [5, 5.41) is 3.10. The van der Waals surface area contributed by atoms with Gasteiger partial charge in [-0.05, 0) is 24.1 Å². The molecule has 0 aliphatic heterocycles. The first-order valence-electron chi connectivity index (χ1n) is 7.84. The van der Waals surface area contributed by atoms with Crippen LogP contribution in [-0.4, -0.2) is 23.5 Å². The van der Waals surface area contributed by atoms with E-state index in [0.29, 0.717) is 0 Å².